The molecule has 1 saturated heterocycles. The number of morpholine rings is 1. The number of furan rings is 1. The molecule has 8 nitrogen and oxygen atoms in total. The molecule has 1 aliphatic rings. The third-order valence-corrected chi connectivity index (χ3v) is 6.22. The van der Waals surface area contributed by atoms with E-state index in [0.717, 1.165) is 29.9 Å². The Hall–Kier alpha value is -3.49. The molecule has 1 aliphatic heterocycles. The molecule has 1 aromatic heterocycles. The fraction of sp³-hybridized carbons (Fsp3) is 0.370. The van der Waals surface area contributed by atoms with Crippen LogP contribution in [0.25, 0.3) is 11.3 Å². The minimum Gasteiger partial charge on any atom is -0.496 e. The maximum absolute atomic E-state index is 13.4. The van der Waals surface area contributed by atoms with Crippen molar-refractivity contribution in [2.24, 2.45) is 0 Å². The van der Waals surface area contributed by atoms with Gasteiger partial charge in [-0.1, -0.05) is 6.07 Å². The number of hydrogen-bond acceptors (Lipinski definition) is 8. The maximum Gasteiger partial charge on any atom is 0.231 e. The number of Topliss-reactive ketones (excluding diaryl/α,β-unsaturated/α-hetero) is 1. The fourth-order valence-corrected chi connectivity index (χ4v) is 4.30. The van der Waals surface area contributed by atoms with Gasteiger partial charge in [0.25, 0.3) is 0 Å². The van der Waals surface area contributed by atoms with Gasteiger partial charge in [-0.3, -0.25) is 4.79 Å². The van der Waals surface area contributed by atoms with Crippen LogP contribution in [-0.2, 0) is 9.47 Å². The number of ketones is 1. The molecule has 0 aliphatic carbocycles. The van der Waals surface area contributed by atoms with E-state index in [9.17, 15) is 4.79 Å². The van der Waals surface area contributed by atoms with Crippen molar-refractivity contribution in [3.05, 3.63) is 59.4 Å². The average Bonchev–Trinajstić information content (AvgIpc) is 3.40. The average molecular weight is 482 g/mol. The normalized spacial score (nSPS) is 14.5. The van der Waals surface area contributed by atoms with Gasteiger partial charge in [-0.05, 0) is 48.9 Å². The second-order valence-corrected chi connectivity index (χ2v) is 8.18. The first-order valence-corrected chi connectivity index (χ1v) is 11.4. The van der Waals surface area contributed by atoms with Crippen molar-refractivity contribution in [1.82, 2.24) is 0 Å². The minimum absolute atomic E-state index is 0.196. The van der Waals surface area contributed by atoms with Gasteiger partial charge in [0.05, 0.1) is 40.2 Å². The lowest BCUT2D eigenvalue weighted by molar-refractivity contribution is 0.0577. The van der Waals surface area contributed by atoms with Crippen LogP contribution in [0, 0.1) is 6.92 Å². The van der Waals surface area contributed by atoms with E-state index in [0.29, 0.717) is 41.8 Å². The molecule has 1 atom stereocenters. The number of nitrogens with zero attached hydrogens (tertiary/aromatic N) is 1. The van der Waals surface area contributed by atoms with E-state index in [-0.39, 0.29) is 11.5 Å². The van der Waals surface area contributed by atoms with Crippen LogP contribution in [0.5, 0.6) is 17.2 Å². The first-order chi connectivity index (χ1) is 17.0. The Labute approximate surface area is 205 Å². The molecule has 2 heterocycles. The SMILES string of the molecule is COc1cc(C(OC)C(=O)c2ccc(-c3cc(OC)c(C)c(OC)c3)o2)ccc1N1CCOCC1. The summed E-state index contributed by atoms with van der Waals surface area (Å²) in [6.07, 6.45) is -0.844. The molecule has 0 N–H and O–H groups in total. The van der Waals surface area contributed by atoms with Crippen LogP contribution >= 0.6 is 0 Å². The quantitative estimate of drug-likeness (QED) is 0.408. The summed E-state index contributed by atoms with van der Waals surface area (Å²) in [6, 6.07) is 12.8. The number of carbonyl (C=O) groups excluding carboxylic acids is 1. The van der Waals surface area contributed by atoms with Crippen LogP contribution in [0.3, 0.4) is 0 Å². The standard InChI is InChI=1S/C27H31NO7/c1-17-23(30-2)15-19(16-24(17)31-3)21-8-9-22(35-21)26(29)27(33-5)18-6-7-20(25(14-18)32-4)28-10-12-34-13-11-28/h6-9,14-16,27H,10-13H2,1-5H3. The second kappa shape index (κ2) is 10.8. The smallest absolute Gasteiger partial charge is 0.231 e. The molecule has 2 aromatic carbocycles. The summed E-state index contributed by atoms with van der Waals surface area (Å²) in [7, 11) is 6.33. The number of rotatable bonds is 9. The molecule has 0 amide bonds. The van der Waals surface area contributed by atoms with Crippen LogP contribution < -0.4 is 19.1 Å². The topological polar surface area (TPSA) is 79.6 Å². The van der Waals surface area contributed by atoms with E-state index in [2.05, 4.69) is 4.90 Å². The van der Waals surface area contributed by atoms with Crippen molar-refractivity contribution in [3.8, 4) is 28.6 Å². The zero-order valence-electron chi connectivity index (χ0n) is 20.8. The largest absolute Gasteiger partial charge is 0.496 e. The number of ether oxygens (including phenoxy) is 5. The van der Waals surface area contributed by atoms with Crippen molar-refractivity contribution in [3.63, 3.8) is 0 Å². The van der Waals surface area contributed by atoms with Gasteiger partial charge in [-0.15, -0.1) is 0 Å². The number of methoxy groups -OCH3 is 4. The van der Waals surface area contributed by atoms with Crippen LogP contribution in [0.4, 0.5) is 5.69 Å². The highest BCUT2D eigenvalue weighted by molar-refractivity contribution is 5.98. The first kappa shape index (κ1) is 24.6. The summed E-state index contributed by atoms with van der Waals surface area (Å²) in [6.45, 7) is 4.83. The summed E-state index contributed by atoms with van der Waals surface area (Å²) in [4.78, 5) is 15.6. The molecule has 186 valence electrons. The van der Waals surface area contributed by atoms with Gasteiger partial charge < -0.3 is 33.0 Å². The van der Waals surface area contributed by atoms with E-state index in [1.165, 1.54) is 7.11 Å². The Balaban J connectivity index is 1.61. The molecule has 8 heteroatoms. The highest BCUT2D eigenvalue weighted by atomic mass is 16.5. The third-order valence-electron chi connectivity index (χ3n) is 6.22. The molecule has 4 rings (SSSR count). The predicted molar refractivity (Wildman–Crippen MR) is 132 cm³/mol. The molecule has 1 fully saturated rings. The number of carbonyl (C=O) groups is 1. The number of benzene rings is 2. The minimum atomic E-state index is -0.844. The second-order valence-electron chi connectivity index (χ2n) is 8.18. The Bertz CT molecular complexity index is 1160. The summed E-state index contributed by atoms with van der Waals surface area (Å²) < 4.78 is 33.6. The maximum atomic E-state index is 13.4. The Morgan fingerprint density at radius 1 is 0.886 bits per heavy atom. The lowest BCUT2D eigenvalue weighted by Gasteiger charge is -2.30. The van der Waals surface area contributed by atoms with Gasteiger partial charge in [0.1, 0.15) is 29.1 Å². The van der Waals surface area contributed by atoms with Crippen molar-refractivity contribution in [2.45, 2.75) is 13.0 Å². The highest BCUT2D eigenvalue weighted by Crippen LogP contribution is 2.37. The lowest BCUT2D eigenvalue weighted by Crippen LogP contribution is -2.36. The van der Waals surface area contributed by atoms with Crippen LogP contribution in [0.2, 0.25) is 0 Å². The molecule has 0 spiro atoms. The van der Waals surface area contributed by atoms with Gasteiger partial charge >= 0.3 is 0 Å². The molecular formula is C27H31NO7. The van der Waals surface area contributed by atoms with Crippen molar-refractivity contribution >= 4 is 11.5 Å². The van der Waals surface area contributed by atoms with Gasteiger partial charge in [0.15, 0.2) is 5.76 Å². The molecule has 1 unspecified atom stereocenters. The first-order valence-electron chi connectivity index (χ1n) is 11.4. The zero-order chi connectivity index (χ0) is 24.9. The van der Waals surface area contributed by atoms with E-state index in [1.54, 1.807) is 33.5 Å². The van der Waals surface area contributed by atoms with E-state index in [4.69, 9.17) is 28.1 Å². The van der Waals surface area contributed by atoms with Crippen LogP contribution in [-0.4, -0.2) is 60.5 Å². The number of anilines is 1. The van der Waals surface area contributed by atoms with Crippen molar-refractivity contribution in [1.29, 1.82) is 0 Å². The van der Waals surface area contributed by atoms with Gasteiger partial charge in [-0.2, -0.15) is 0 Å². The molecule has 0 radical (unpaired) electrons. The van der Waals surface area contributed by atoms with E-state index < -0.39 is 6.10 Å². The van der Waals surface area contributed by atoms with Crippen molar-refractivity contribution < 1.29 is 32.9 Å². The van der Waals surface area contributed by atoms with Crippen molar-refractivity contribution in [2.75, 3.05) is 59.6 Å². The lowest BCUT2D eigenvalue weighted by atomic mass is 10.0. The van der Waals surface area contributed by atoms with Gasteiger partial charge in [-0.25, -0.2) is 0 Å². The monoisotopic (exact) mass is 481 g/mol. The van der Waals surface area contributed by atoms with Crippen LogP contribution in [0.1, 0.15) is 27.8 Å². The van der Waals surface area contributed by atoms with Gasteiger partial charge in [0.2, 0.25) is 5.78 Å². The summed E-state index contributed by atoms with van der Waals surface area (Å²) in [5, 5.41) is 0. The van der Waals surface area contributed by atoms with Gasteiger partial charge in [0, 0.05) is 31.3 Å². The molecule has 0 bridgehead atoms. The zero-order valence-corrected chi connectivity index (χ0v) is 20.8. The molecule has 0 saturated carbocycles. The van der Waals surface area contributed by atoms with E-state index >= 15 is 0 Å². The number of hydrogen-bond donors (Lipinski definition) is 0. The summed E-state index contributed by atoms with van der Waals surface area (Å²) >= 11 is 0. The Kier molecular flexibility index (Phi) is 7.63. The summed E-state index contributed by atoms with van der Waals surface area (Å²) in [5.74, 6) is 2.46. The molecule has 3 aromatic rings. The third kappa shape index (κ3) is 4.99. The fourth-order valence-electron chi connectivity index (χ4n) is 4.30. The molecular weight excluding hydrogens is 450 g/mol. The Morgan fingerprint density at radius 2 is 1.54 bits per heavy atom. The Morgan fingerprint density at radius 3 is 2.14 bits per heavy atom. The summed E-state index contributed by atoms with van der Waals surface area (Å²) in [5.41, 5.74) is 3.27. The van der Waals surface area contributed by atoms with Crippen LogP contribution in [0.15, 0.2) is 46.9 Å². The predicted octanol–water partition coefficient (Wildman–Crippen LogP) is 4.69. The highest BCUT2D eigenvalue weighted by Gasteiger charge is 2.27. The van der Waals surface area contributed by atoms with E-state index in [1.807, 2.05) is 37.3 Å². The molecule has 35 heavy (non-hydrogen) atoms.